The largest absolute Gasteiger partial charge is 0.506 e. The highest BCUT2D eigenvalue weighted by molar-refractivity contribution is 5.86. The molecule has 0 radical (unpaired) electrons. The van der Waals surface area contributed by atoms with Crippen molar-refractivity contribution in [1.82, 2.24) is 24.8 Å². The molecular weight excluding hydrogens is 458 g/mol. The van der Waals surface area contributed by atoms with Gasteiger partial charge >= 0.3 is 0 Å². The van der Waals surface area contributed by atoms with E-state index in [1.54, 1.807) is 6.07 Å². The second kappa shape index (κ2) is 10.0. The molecule has 0 amide bonds. The van der Waals surface area contributed by atoms with Crippen molar-refractivity contribution in [1.29, 1.82) is 0 Å². The number of hydrogen-bond donors (Lipinski definition) is 2. The minimum absolute atomic E-state index is 0.0565. The topological polar surface area (TPSA) is 109 Å². The van der Waals surface area contributed by atoms with Crippen LogP contribution in [0, 0.1) is 0 Å². The van der Waals surface area contributed by atoms with Crippen molar-refractivity contribution in [3.8, 4) is 11.6 Å². The number of ether oxygens (including phenoxy) is 2. The predicted octanol–water partition coefficient (Wildman–Crippen LogP) is 2.75. The van der Waals surface area contributed by atoms with Gasteiger partial charge in [0.2, 0.25) is 11.8 Å². The summed E-state index contributed by atoms with van der Waals surface area (Å²) >= 11 is 0. The molecule has 3 aliphatic rings. The Morgan fingerprint density at radius 2 is 1.86 bits per heavy atom. The molecule has 2 N–H and O–H groups in total. The van der Waals surface area contributed by atoms with Crippen LogP contribution in [-0.4, -0.2) is 82.0 Å². The standard InChI is InChI=1S/C26H33N7O3/c1-32-7-6-22-17(16-32)14-28-26(30-22)29-18-2-4-20(5-3-18)36-25-21-12-19(34)15-27-23(21)13-24(31-25)33-8-10-35-11-9-33/h12-15,18,20,34H,2-11,16H2,1H3,(H,28,29,30)/t18-,20+. The number of morpholine rings is 1. The van der Waals surface area contributed by atoms with E-state index in [1.165, 1.54) is 11.8 Å². The number of aromatic hydroxyl groups is 1. The summed E-state index contributed by atoms with van der Waals surface area (Å²) in [5.74, 6) is 2.22. The average Bonchev–Trinajstić information content (AvgIpc) is 2.90. The molecule has 0 atom stereocenters. The summed E-state index contributed by atoms with van der Waals surface area (Å²) in [6.45, 7) is 4.89. The van der Waals surface area contributed by atoms with E-state index in [0.29, 0.717) is 25.1 Å². The molecule has 3 aromatic heterocycles. The summed E-state index contributed by atoms with van der Waals surface area (Å²) in [6, 6.07) is 3.97. The predicted molar refractivity (Wildman–Crippen MR) is 137 cm³/mol. The Balaban J connectivity index is 1.13. The third-order valence-corrected chi connectivity index (χ3v) is 7.36. The molecule has 2 fully saturated rings. The highest BCUT2D eigenvalue weighted by atomic mass is 16.5. The minimum atomic E-state index is 0.0565. The van der Waals surface area contributed by atoms with Gasteiger partial charge < -0.3 is 29.7 Å². The van der Waals surface area contributed by atoms with E-state index in [0.717, 1.165) is 86.6 Å². The highest BCUT2D eigenvalue weighted by Gasteiger charge is 2.26. The molecule has 0 unspecified atom stereocenters. The number of anilines is 2. The lowest BCUT2D eigenvalue weighted by Crippen LogP contribution is -2.37. The van der Waals surface area contributed by atoms with E-state index in [-0.39, 0.29) is 11.9 Å². The summed E-state index contributed by atoms with van der Waals surface area (Å²) in [5, 5.41) is 14.3. The first-order valence-electron chi connectivity index (χ1n) is 12.9. The average molecular weight is 492 g/mol. The zero-order valence-corrected chi connectivity index (χ0v) is 20.7. The van der Waals surface area contributed by atoms with Crippen LogP contribution in [0.2, 0.25) is 0 Å². The number of rotatable bonds is 5. The maximum atomic E-state index is 10.0. The Morgan fingerprint density at radius 3 is 2.69 bits per heavy atom. The molecule has 1 saturated carbocycles. The van der Waals surface area contributed by atoms with Gasteiger partial charge in [-0.15, -0.1) is 0 Å². The fourth-order valence-corrected chi connectivity index (χ4v) is 5.31. The first kappa shape index (κ1) is 23.2. The molecule has 2 aliphatic heterocycles. The van der Waals surface area contributed by atoms with Gasteiger partial charge in [0.05, 0.1) is 36.0 Å². The molecule has 6 rings (SSSR count). The van der Waals surface area contributed by atoms with Crippen LogP contribution >= 0.6 is 0 Å². The lowest BCUT2D eigenvalue weighted by molar-refractivity contribution is 0.122. The maximum absolute atomic E-state index is 10.0. The third-order valence-electron chi connectivity index (χ3n) is 7.36. The Hall–Kier alpha value is -3.24. The molecule has 0 bridgehead atoms. The van der Waals surface area contributed by atoms with Gasteiger partial charge in [0.25, 0.3) is 0 Å². The number of aromatic nitrogens is 4. The van der Waals surface area contributed by atoms with E-state index < -0.39 is 0 Å². The van der Waals surface area contributed by atoms with Crippen LogP contribution < -0.4 is 15.0 Å². The van der Waals surface area contributed by atoms with Gasteiger partial charge in [-0.2, -0.15) is 4.98 Å². The van der Waals surface area contributed by atoms with Crippen molar-refractivity contribution in [2.75, 3.05) is 50.1 Å². The SMILES string of the molecule is CN1CCc2nc(N[C@H]3CC[C@@H](Oc4nc(N5CCOCC5)cc5ncc(O)cc45)CC3)ncc2C1. The van der Waals surface area contributed by atoms with Crippen LogP contribution in [0.1, 0.15) is 36.9 Å². The van der Waals surface area contributed by atoms with E-state index in [9.17, 15) is 5.11 Å². The van der Waals surface area contributed by atoms with Gasteiger partial charge in [0.1, 0.15) is 17.7 Å². The van der Waals surface area contributed by atoms with Gasteiger partial charge in [0, 0.05) is 56.5 Å². The fourth-order valence-electron chi connectivity index (χ4n) is 5.31. The minimum Gasteiger partial charge on any atom is -0.506 e. The van der Waals surface area contributed by atoms with Crippen LogP contribution in [0.5, 0.6) is 11.6 Å². The van der Waals surface area contributed by atoms with Gasteiger partial charge in [0.15, 0.2) is 0 Å². The number of fused-ring (bicyclic) bond motifs is 2. The monoisotopic (exact) mass is 491 g/mol. The maximum Gasteiger partial charge on any atom is 0.225 e. The van der Waals surface area contributed by atoms with E-state index in [1.807, 2.05) is 12.3 Å². The molecule has 0 aromatic carbocycles. The highest BCUT2D eigenvalue weighted by Crippen LogP contribution is 2.33. The third kappa shape index (κ3) is 5.01. The number of nitrogens with one attached hydrogen (secondary N) is 1. The van der Waals surface area contributed by atoms with Crippen molar-refractivity contribution in [2.24, 2.45) is 0 Å². The van der Waals surface area contributed by atoms with Crippen molar-refractivity contribution in [3.05, 3.63) is 35.8 Å². The molecule has 0 spiro atoms. The lowest BCUT2D eigenvalue weighted by atomic mass is 9.93. The molecule has 1 aliphatic carbocycles. The van der Waals surface area contributed by atoms with Crippen LogP contribution in [0.25, 0.3) is 10.9 Å². The molecule has 10 nitrogen and oxygen atoms in total. The number of nitrogens with zero attached hydrogens (tertiary/aromatic N) is 6. The van der Waals surface area contributed by atoms with Gasteiger partial charge in [-0.3, -0.25) is 4.98 Å². The summed E-state index contributed by atoms with van der Waals surface area (Å²) in [4.78, 5) is 23.1. The first-order valence-corrected chi connectivity index (χ1v) is 12.9. The van der Waals surface area contributed by atoms with E-state index in [2.05, 4.69) is 32.1 Å². The fraction of sp³-hybridized carbons (Fsp3) is 0.538. The van der Waals surface area contributed by atoms with Gasteiger partial charge in [-0.25, -0.2) is 9.97 Å². The van der Waals surface area contributed by atoms with Crippen LogP contribution in [0.4, 0.5) is 11.8 Å². The molecule has 5 heterocycles. The molecule has 3 aromatic rings. The zero-order valence-electron chi connectivity index (χ0n) is 20.7. The Labute approximate surface area is 210 Å². The van der Waals surface area contributed by atoms with Crippen LogP contribution in [-0.2, 0) is 17.7 Å². The van der Waals surface area contributed by atoms with Crippen LogP contribution in [0.3, 0.4) is 0 Å². The Morgan fingerprint density at radius 1 is 1.03 bits per heavy atom. The molecule has 36 heavy (non-hydrogen) atoms. The van der Waals surface area contributed by atoms with Crippen molar-refractivity contribution in [3.63, 3.8) is 0 Å². The first-order chi connectivity index (χ1) is 17.6. The Bertz CT molecular complexity index is 1230. The van der Waals surface area contributed by atoms with E-state index >= 15 is 0 Å². The number of pyridine rings is 2. The van der Waals surface area contributed by atoms with Gasteiger partial charge in [-0.1, -0.05) is 0 Å². The Kier molecular flexibility index (Phi) is 6.45. The zero-order chi connectivity index (χ0) is 24.5. The van der Waals surface area contributed by atoms with E-state index in [4.69, 9.17) is 19.4 Å². The number of likely N-dealkylation sites (N-methyl/N-ethyl adjacent to an activating group) is 1. The lowest BCUT2D eigenvalue weighted by Gasteiger charge is -2.31. The quantitative estimate of drug-likeness (QED) is 0.553. The normalized spacial score (nSPS) is 22.9. The van der Waals surface area contributed by atoms with Crippen molar-refractivity contribution < 1.29 is 14.6 Å². The molecule has 1 saturated heterocycles. The smallest absolute Gasteiger partial charge is 0.225 e. The summed E-state index contributed by atoms with van der Waals surface area (Å²) in [5.41, 5.74) is 3.16. The molecule has 190 valence electrons. The van der Waals surface area contributed by atoms with Gasteiger partial charge in [-0.05, 0) is 38.8 Å². The van der Waals surface area contributed by atoms with Crippen LogP contribution in [0.15, 0.2) is 24.5 Å². The second-order valence-electron chi connectivity index (χ2n) is 10.0. The molecule has 10 heteroatoms. The number of hydrogen-bond acceptors (Lipinski definition) is 10. The summed E-state index contributed by atoms with van der Waals surface area (Å²) in [6.07, 6.45) is 8.22. The van der Waals surface area contributed by atoms with Crippen molar-refractivity contribution in [2.45, 2.75) is 50.8 Å². The van der Waals surface area contributed by atoms with Crippen molar-refractivity contribution >= 4 is 22.7 Å². The second-order valence-corrected chi connectivity index (χ2v) is 10.0. The molecular formula is C26H33N7O3. The summed E-state index contributed by atoms with van der Waals surface area (Å²) in [7, 11) is 2.13. The summed E-state index contributed by atoms with van der Waals surface area (Å²) < 4.78 is 11.9.